The summed E-state index contributed by atoms with van der Waals surface area (Å²) in [4.78, 5) is 30.3. The van der Waals surface area contributed by atoms with Crippen LogP contribution in [-0.4, -0.2) is 54.3 Å². The normalized spacial score (nSPS) is 23.4. The maximum absolute atomic E-state index is 13.2. The third-order valence-electron chi connectivity index (χ3n) is 7.74. The van der Waals surface area contributed by atoms with Crippen molar-refractivity contribution in [3.8, 4) is 0 Å². The van der Waals surface area contributed by atoms with Crippen LogP contribution in [-0.2, 0) is 4.79 Å². The van der Waals surface area contributed by atoms with Crippen LogP contribution in [0.3, 0.4) is 0 Å². The first-order valence-corrected chi connectivity index (χ1v) is 12.4. The first-order valence-electron chi connectivity index (χ1n) is 12.4. The zero-order valence-corrected chi connectivity index (χ0v) is 19.8. The molecular formula is C28H35N3O2. The Morgan fingerprint density at radius 2 is 1.55 bits per heavy atom. The predicted octanol–water partition coefficient (Wildman–Crippen LogP) is 3.96. The van der Waals surface area contributed by atoms with Crippen molar-refractivity contribution < 1.29 is 9.59 Å². The molecule has 33 heavy (non-hydrogen) atoms. The highest BCUT2D eigenvalue weighted by molar-refractivity contribution is 5.97. The molecule has 174 valence electrons. The fourth-order valence-electron chi connectivity index (χ4n) is 5.70. The minimum absolute atomic E-state index is 0.0712. The zero-order chi connectivity index (χ0) is 22.9. The van der Waals surface area contributed by atoms with Crippen LogP contribution in [0.15, 0.2) is 48.5 Å². The van der Waals surface area contributed by atoms with E-state index in [1.807, 2.05) is 50.2 Å². The van der Waals surface area contributed by atoms with Gasteiger partial charge in [-0.05, 0) is 61.6 Å². The van der Waals surface area contributed by atoms with E-state index in [9.17, 15) is 9.59 Å². The number of benzene rings is 2. The molecule has 2 unspecified atom stereocenters. The van der Waals surface area contributed by atoms with Crippen LogP contribution in [0, 0.1) is 31.6 Å². The first-order chi connectivity index (χ1) is 16.0. The molecule has 1 aliphatic carbocycles. The minimum atomic E-state index is 0.0712. The number of likely N-dealkylation sites (tertiary alicyclic amines) is 2. The SMILES string of the molecule is Cc1cccc(C)c1C(=O)N1CC2CN(CCC(NC(=O)C3CC3)c3ccccc3)C[C@H]2C1. The van der Waals surface area contributed by atoms with Gasteiger partial charge in [0.2, 0.25) is 5.91 Å². The number of amides is 2. The molecule has 1 N–H and O–H groups in total. The van der Waals surface area contributed by atoms with Crippen molar-refractivity contribution in [3.05, 3.63) is 70.8 Å². The highest BCUT2D eigenvalue weighted by Gasteiger charge is 2.42. The van der Waals surface area contributed by atoms with E-state index in [2.05, 4.69) is 27.2 Å². The lowest BCUT2D eigenvalue weighted by Gasteiger charge is -2.25. The van der Waals surface area contributed by atoms with E-state index in [-0.39, 0.29) is 23.8 Å². The summed E-state index contributed by atoms with van der Waals surface area (Å²) in [7, 11) is 0. The summed E-state index contributed by atoms with van der Waals surface area (Å²) in [5.74, 6) is 1.73. The van der Waals surface area contributed by atoms with Gasteiger partial charge in [-0.1, -0.05) is 48.5 Å². The maximum Gasteiger partial charge on any atom is 0.254 e. The quantitative estimate of drug-likeness (QED) is 0.702. The van der Waals surface area contributed by atoms with Crippen molar-refractivity contribution in [1.29, 1.82) is 0 Å². The summed E-state index contributed by atoms with van der Waals surface area (Å²) < 4.78 is 0. The maximum atomic E-state index is 13.2. The van der Waals surface area contributed by atoms with Gasteiger partial charge >= 0.3 is 0 Å². The molecule has 3 atom stereocenters. The molecule has 2 heterocycles. The third kappa shape index (κ3) is 4.84. The van der Waals surface area contributed by atoms with E-state index in [0.29, 0.717) is 11.8 Å². The lowest BCUT2D eigenvalue weighted by atomic mass is 10.0. The second kappa shape index (κ2) is 9.30. The van der Waals surface area contributed by atoms with Crippen LogP contribution in [0.5, 0.6) is 0 Å². The molecule has 2 aliphatic heterocycles. The van der Waals surface area contributed by atoms with Crippen LogP contribution >= 0.6 is 0 Å². The van der Waals surface area contributed by atoms with Crippen LogP contribution in [0.4, 0.5) is 0 Å². The van der Waals surface area contributed by atoms with Crippen molar-refractivity contribution in [2.75, 3.05) is 32.7 Å². The van der Waals surface area contributed by atoms with Gasteiger partial charge in [-0.25, -0.2) is 0 Å². The predicted molar refractivity (Wildman–Crippen MR) is 130 cm³/mol. The van der Waals surface area contributed by atoms with Gasteiger partial charge in [0.05, 0.1) is 6.04 Å². The molecule has 3 fully saturated rings. The number of nitrogens with zero attached hydrogens (tertiary/aromatic N) is 2. The average molecular weight is 446 g/mol. The van der Waals surface area contributed by atoms with Gasteiger partial charge in [0.1, 0.15) is 0 Å². The number of fused-ring (bicyclic) bond motifs is 1. The Morgan fingerprint density at radius 3 is 2.15 bits per heavy atom. The molecule has 3 aliphatic rings. The fourth-order valence-corrected chi connectivity index (χ4v) is 5.70. The summed E-state index contributed by atoms with van der Waals surface area (Å²) in [5.41, 5.74) is 4.21. The molecule has 2 amide bonds. The Hall–Kier alpha value is -2.66. The number of nitrogens with one attached hydrogen (secondary N) is 1. The molecule has 2 aromatic rings. The zero-order valence-electron chi connectivity index (χ0n) is 19.8. The molecule has 0 spiro atoms. The highest BCUT2D eigenvalue weighted by atomic mass is 16.2. The van der Waals surface area contributed by atoms with E-state index in [0.717, 1.165) is 68.7 Å². The number of hydrogen-bond donors (Lipinski definition) is 1. The smallest absolute Gasteiger partial charge is 0.254 e. The van der Waals surface area contributed by atoms with Gasteiger partial charge in [0.25, 0.3) is 5.91 Å². The molecule has 5 rings (SSSR count). The van der Waals surface area contributed by atoms with Crippen molar-refractivity contribution in [1.82, 2.24) is 15.1 Å². The monoisotopic (exact) mass is 445 g/mol. The summed E-state index contributed by atoms with van der Waals surface area (Å²) in [6, 6.07) is 16.5. The van der Waals surface area contributed by atoms with Crippen LogP contribution in [0.1, 0.15) is 52.4 Å². The molecule has 0 radical (unpaired) electrons. The van der Waals surface area contributed by atoms with Crippen LogP contribution in [0.25, 0.3) is 0 Å². The van der Waals surface area contributed by atoms with Crippen molar-refractivity contribution in [2.45, 2.75) is 39.2 Å². The second-order valence-corrected chi connectivity index (χ2v) is 10.3. The van der Waals surface area contributed by atoms with Crippen LogP contribution in [0.2, 0.25) is 0 Å². The first kappa shape index (κ1) is 22.1. The Labute approximate surface area is 197 Å². The molecule has 2 saturated heterocycles. The highest BCUT2D eigenvalue weighted by Crippen LogP contribution is 2.34. The Balaban J connectivity index is 1.17. The van der Waals surface area contributed by atoms with E-state index < -0.39 is 0 Å². The molecule has 0 bridgehead atoms. The molecule has 1 saturated carbocycles. The van der Waals surface area contributed by atoms with Gasteiger partial charge in [0, 0.05) is 44.2 Å². The summed E-state index contributed by atoms with van der Waals surface area (Å²) in [6.45, 7) is 8.83. The lowest BCUT2D eigenvalue weighted by molar-refractivity contribution is -0.123. The summed E-state index contributed by atoms with van der Waals surface area (Å²) in [5, 5.41) is 3.30. The fraction of sp³-hybridized carbons (Fsp3) is 0.500. The Kier molecular flexibility index (Phi) is 6.24. The van der Waals surface area contributed by atoms with Gasteiger partial charge in [0.15, 0.2) is 0 Å². The number of carbonyl (C=O) groups is 2. The lowest BCUT2D eigenvalue weighted by Crippen LogP contribution is -2.36. The minimum Gasteiger partial charge on any atom is -0.349 e. The van der Waals surface area contributed by atoms with E-state index in [1.54, 1.807) is 0 Å². The molecule has 2 aromatic carbocycles. The number of carbonyl (C=O) groups excluding carboxylic acids is 2. The molecule has 5 heteroatoms. The van der Waals surface area contributed by atoms with Crippen molar-refractivity contribution in [3.63, 3.8) is 0 Å². The van der Waals surface area contributed by atoms with Crippen molar-refractivity contribution >= 4 is 11.8 Å². The van der Waals surface area contributed by atoms with E-state index in [1.165, 1.54) is 5.56 Å². The summed E-state index contributed by atoms with van der Waals surface area (Å²) in [6.07, 6.45) is 2.98. The number of hydrogen-bond acceptors (Lipinski definition) is 3. The van der Waals surface area contributed by atoms with Gasteiger partial charge in [-0.3, -0.25) is 9.59 Å². The number of rotatable bonds is 7. The van der Waals surface area contributed by atoms with E-state index in [4.69, 9.17) is 0 Å². The Morgan fingerprint density at radius 1 is 0.909 bits per heavy atom. The van der Waals surface area contributed by atoms with Crippen molar-refractivity contribution in [2.24, 2.45) is 17.8 Å². The van der Waals surface area contributed by atoms with Gasteiger partial charge < -0.3 is 15.1 Å². The molecular weight excluding hydrogens is 410 g/mol. The second-order valence-electron chi connectivity index (χ2n) is 10.3. The van der Waals surface area contributed by atoms with Crippen LogP contribution < -0.4 is 5.32 Å². The number of aryl methyl sites for hydroxylation is 2. The largest absolute Gasteiger partial charge is 0.349 e. The van der Waals surface area contributed by atoms with E-state index >= 15 is 0 Å². The summed E-state index contributed by atoms with van der Waals surface area (Å²) >= 11 is 0. The molecule has 5 nitrogen and oxygen atoms in total. The average Bonchev–Trinajstić information content (AvgIpc) is 3.48. The van der Waals surface area contributed by atoms with Gasteiger partial charge in [-0.15, -0.1) is 0 Å². The standard InChI is InChI=1S/C28H35N3O2/c1-19-7-6-8-20(2)26(19)28(33)31-17-23-15-30(16-24(23)18-31)14-13-25(21-9-4-3-5-10-21)29-27(32)22-11-12-22/h3-10,22-25H,11-18H2,1-2H3,(H,29,32)/t23-,24?,25?/m0/s1. The van der Waals surface area contributed by atoms with Gasteiger partial charge in [-0.2, -0.15) is 0 Å². The molecule has 0 aromatic heterocycles. The topological polar surface area (TPSA) is 52.7 Å². The Bertz CT molecular complexity index is 983. The third-order valence-corrected chi connectivity index (χ3v) is 7.74.